The van der Waals surface area contributed by atoms with Gasteiger partial charge in [0.05, 0.1) is 18.0 Å². The minimum absolute atomic E-state index is 0.146. The van der Waals surface area contributed by atoms with Crippen LogP contribution in [0.5, 0.6) is 0 Å². The second-order valence-corrected chi connectivity index (χ2v) is 8.75. The molecule has 0 aliphatic carbocycles. The number of esters is 1. The maximum absolute atomic E-state index is 12.9. The van der Waals surface area contributed by atoms with Gasteiger partial charge in [0.25, 0.3) is 0 Å². The zero-order chi connectivity index (χ0) is 26.8. The summed E-state index contributed by atoms with van der Waals surface area (Å²) in [5.41, 5.74) is 3.67. The Bertz CT molecular complexity index is 1110. The Morgan fingerprint density at radius 3 is 2.11 bits per heavy atom. The van der Waals surface area contributed by atoms with E-state index in [1.165, 1.54) is 6.92 Å². The average molecular weight is 497 g/mol. The molecule has 9 heteroatoms. The molecule has 0 aliphatic rings. The molecule has 0 bridgehead atoms. The van der Waals surface area contributed by atoms with Gasteiger partial charge in [0.15, 0.2) is 12.4 Å². The summed E-state index contributed by atoms with van der Waals surface area (Å²) in [6.07, 6.45) is -0.505. The lowest BCUT2D eigenvalue weighted by atomic mass is 10.00. The van der Waals surface area contributed by atoms with Gasteiger partial charge in [-0.25, -0.2) is 4.79 Å². The number of carboxylic acids is 1. The Hall–Kier alpha value is -4.01. The largest absolute Gasteiger partial charge is 0.481 e. The standard InChI is InChI=1S/C27H32N2O7/c1-16-12-17(2)25(18(3)13-16)27(35)36-15-22(30)19(4)28-26(34)21(14-20-8-6-5-7-9-20)29-23(31)10-11-24(32)33/h5-9,12-13,19,21H,10-11,14-15H2,1-4H3,(H,28,34)(H,29,31)(H,32,33)/t19-,21-/m0/s1. The van der Waals surface area contributed by atoms with Crippen molar-refractivity contribution >= 4 is 29.5 Å². The van der Waals surface area contributed by atoms with E-state index in [0.29, 0.717) is 5.56 Å². The lowest BCUT2D eigenvalue weighted by Crippen LogP contribution is -2.52. The van der Waals surface area contributed by atoms with E-state index in [1.54, 1.807) is 38.1 Å². The van der Waals surface area contributed by atoms with Crippen molar-refractivity contribution < 1.29 is 33.8 Å². The summed E-state index contributed by atoms with van der Waals surface area (Å²) in [4.78, 5) is 61.0. The molecule has 0 fully saturated rings. The van der Waals surface area contributed by atoms with Crippen molar-refractivity contribution in [1.82, 2.24) is 10.6 Å². The van der Waals surface area contributed by atoms with Crippen LogP contribution in [0.25, 0.3) is 0 Å². The molecule has 2 atom stereocenters. The summed E-state index contributed by atoms with van der Waals surface area (Å²) < 4.78 is 5.20. The zero-order valence-electron chi connectivity index (χ0n) is 20.9. The van der Waals surface area contributed by atoms with E-state index in [1.807, 2.05) is 25.1 Å². The summed E-state index contributed by atoms with van der Waals surface area (Å²) in [7, 11) is 0. The van der Waals surface area contributed by atoms with Gasteiger partial charge in [-0.2, -0.15) is 0 Å². The summed E-state index contributed by atoms with van der Waals surface area (Å²) in [6.45, 7) is 6.43. The van der Waals surface area contributed by atoms with Crippen LogP contribution in [-0.4, -0.2) is 53.3 Å². The number of aliphatic carboxylic acids is 1. The van der Waals surface area contributed by atoms with E-state index in [4.69, 9.17) is 9.84 Å². The zero-order valence-corrected chi connectivity index (χ0v) is 20.9. The normalized spacial score (nSPS) is 12.2. The fraction of sp³-hybridized carbons (Fsp3) is 0.370. The van der Waals surface area contributed by atoms with Gasteiger partial charge in [0.2, 0.25) is 11.8 Å². The molecule has 3 N–H and O–H groups in total. The molecular formula is C27H32N2O7. The Kier molecular flexibility index (Phi) is 10.3. The number of ketones is 1. The lowest BCUT2D eigenvalue weighted by Gasteiger charge is -2.21. The van der Waals surface area contributed by atoms with Gasteiger partial charge in [-0.1, -0.05) is 48.0 Å². The van der Waals surface area contributed by atoms with E-state index >= 15 is 0 Å². The molecule has 0 radical (unpaired) electrons. The van der Waals surface area contributed by atoms with Gasteiger partial charge in [-0.15, -0.1) is 0 Å². The van der Waals surface area contributed by atoms with Crippen LogP contribution in [-0.2, 0) is 30.3 Å². The van der Waals surface area contributed by atoms with Gasteiger partial charge in [-0.05, 0) is 44.4 Å². The predicted molar refractivity (Wildman–Crippen MR) is 132 cm³/mol. The molecule has 36 heavy (non-hydrogen) atoms. The van der Waals surface area contributed by atoms with E-state index in [0.717, 1.165) is 22.3 Å². The van der Waals surface area contributed by atoms with E-state index < -0.39 is 48.2 Å². The number of Topliss-reactive ketones (excluding diaryl/α,β-unsaturated/α-hetero) is 1. The quantitative estimate of drug-likeness (QED) is 0.384. The van der Waals surface area contributed by atoms with Crippen LogP contribution in [0.3, 0.4) is 0 Å². The van der Waals surface area contributed by atoms with Crippen molar-refractivity contribution in [2.75, 3.05) is 6.61 Å². The summed E-state index contributed by atoms with van der Waals surface area (Å²) in [6, 6.07) is 10.6. The van der Waals surface area contributed by atoms with Crippen molar-refractivity contribution in [2.24, 2.45) is 0 Å². The fourth-order valence-electron chi connectivity index (χ4n) is 3.78. The van der Waals surface area contributed by atoms with Crippen molar-refractivity contribution in [3.63, 3.8) is 0 Å². The molecule has 2 rings (SSSR count). The maximum Gasteiger partial charge on any atom is 0.339 e. The van der Waals surface area contributed by atoms with Crippen LogP contribution >= 0.6 is 0 Å². The number of hydrogen-bond acceptors (Lipinski definition) is 6. The van der Waals surface area contributed by atoms with Crippen LogP contribution < -0.4 is 10.6 Å². The molecule has 0 saturated carbocycles. The third kappa shape index (κ3) is 8.65. The second-order valence-electron chi connectivity index (χ2n) is 8.75. The first-order chi connectivity index (χ1) is 17.0. The van der Waals surface area contributed by atoms with Gasteiger partial charge in [0, 0.05) is 12.8 Å². The average Bonchev–Trinajstić information content (AvgIpc) is 2.80. The minimum atomic E-state index is -1.13. The maximum atomic E-state index is 12.9. The van der Waals surface area contributed by atoms with Crippen molar-refractivity contribution in [3.8, 4) is 0 Å². The van der Waals surface area contributed by atoms with Crippen molar-refractivity contribution in [2.45, 2.75) is 59.0 Å². The number of carbonyl (C=O) groups excluding carboxylic acids is 4. The van der Waals surface area contributed by atoms with Crippen LogP contribution in [0.2, 0.25) is 0 Å². The van der Waals surface area contributed by atoms with E-state index in [2.05, 4.69) is 10.6 Å². The Morgan fingerprint density at radius 1 is 0.917 bits per heavy atom. The van der Waals surface area contributed by atoms with Crippen LogP contribution in [0.1, 0.15) is 52.4 Å². The van der Waals surface area contributed by atoms with Crippen LogP contribution in [0, 0.1) is 20.8 Å². The Balaban J connectivity index is 2.01. The van der Waals surface area contributed by atoms with Gasteiger partial charge >= 0.3 is 11.9 Å². The Morgan fingerprint density at radius 2 is 1.53 bits per heavy atom. The molecule has 2 amide bonds. The highest BCUT2D eigenvalue weighted by Gasteiger charge is 2.26. The highest BCUT2D eigenvalue weighted by molar-refractivity contribution is 5.97. The number of nitrogens with one attached hydrogen (secondary N) is 2. The summed E-state index contributed by atoms with van der Waals surface area (Å²) in [5.74, 6) is -3.47. The topological polar surface area (TPSA) is 139 Å². The molecule has 0 aromatic heterocycles. The first-order valence-electron chi connectivity index (χ1n) is 11.6. The van der Waals surface area contributed by atoms with Crippen LogP contribution in [0.15, 0.2) is 42.5 Å². The molecule has 0 saturated heterocycles. The van der Waals surface area contributed by atoms with E-state index in [-0.39, 0.29) is 19.3 Å². The molecule has 9 nitrogen and oxygen atoms in total. The third-order valence-corrected chi connectivity index (χ3v) is 5.57. The molecule has 2 aromatic carbocycles. The number of carboxylic acid groups (broad SMARTS) is 1. The van der Waals surface area contributed by atoms with E-state index in [9.17, 15) is 24.0 Å². The molecule has 0 unspecified atom stereocenters. The number of amides is 2. The number of benzene rings is 2. The van der Waals surface area contributed by atoms with Crippen LogP contribution in [0.4, 0.5) is 0 Å². The molecular weight excluding hydrogens is 464 g/mol. The first kappa shape index (κ1) is 28.2. The number of carbonyl (C=O) groups is 5. The lowest BCUT2D eigenvalue weighted by molar-refractivity contribution is -0.139. The monoisotopic (exact) mass is 496 g/mol. The summed E-state index contributed by atoms with van der Waals surface area (Å²) in [5, 5.41) is 13.9. The highest BCUT2D eigenvalue weighted by atomic mass is 16.5. The molecule has 2 aromatic rings. The van der Waals surface area contributed by atoms with Crippen molar-refractivity contribution in [3.05, 3.63) is 70.3 Å². The minimum Gasteiger partial charge on any atom is -0.481 e. The first-order valence-corrected chi connectivity index (χ1v) is 11.6. The predicted octanol–water partition coefficient (Wildman–Crippen LogP) is 2.43. The highest BCUT2D eigenvalue weighted by Crippen LogP contribution is 2.17. The number of aryl methyl sites for hydroxylation is 3. The molecule has 0 spiro atoms. The summed E-state index contributed by atoms with van der Waals surface area (Å²) >= 11 is 0. The second kappa shape index (κ2) is 13.2. The number of rotatable bonds is 12. The third-order valence-electron chi connectivity index (χ3n) is 5.57. The van der Waals surface area contributed by atoms with Gasteiger partial charge < -0.3 is 20.5 Å². The Labute approximate surface area is 210 Å². The number of hydrogen-bond donors (Lipinski definition) is 3. The molecule has 0 heterocycles. The smallest absolute Gasteiger partial charge is 0.339 e. The van der Waals surface area contributed by atoms with Gasteiger partial charge in [0.1, 0.15) is 6.04 Å². The molecule has 192 valence electrons. The molecule has 0 aliphatic heterocycles. The number of ether oxygens (including phenoxy) is 1. The van der Waals surface area contributed by atoms with Gasteiger partial charge in [-0.3, -0.25) is 19.2 Å². The SMILES string of the molecule is Cc1cc(C)c(C(=O)OCC(=O)[C@H](C)NC(=O)[C@H](Cc2ccccc2)NC(=O)CCC(=O)O)c(C)c1. The van der Waals surface area contributed by atoms with Crippen molar-refractivity contribution in [1.29, 1.82) is 0 Å². The fourth-order valence-corrected chi connectivity index (χ4v) is 3.78.